The average Bonchev–Trinajstić information content (AvgIpc) is 3.06. The van der Waals surface area contributed by atoms with Crippen LogP contribution in [0.15, 0.2) is 65.1 Å². The van der Waals surface area contributed by atoms with Crippen molar-refractivity contribution in [3.8, 4) is 22.5 Å². The quantitative estimate of drug-likeness (QED) is 0.471. The van der Waals surface area contributed by atoms with Crippen molar-refractivity contribution < 1.29 is 23.1 Å². The molecule has 0 amide bonds. The number of hydrogen-bond donors (Lipinski definition) is 2. The third-order valence-corrected chi connectivity index (χ3v) is 4.58. The summed E-state index contributed by atoms with van der Waals surface area (Å²) in [7, 11) is 1.69. The number of benzene rings is 3. The zero-order valence-electron chi connectivity index (χ0n) is 14.8. The molecule has 0 unspecified atom stereocenters. The number of furan rings is 1. The first-order chi connectivity index (χ1) is 13.5. The summed E-state index contributed by atoms with van der Waals surface area (Å²) in [5.74, 6) is -1.92. The molecule has 2 N–H and O–H groups in total. The number of nitrogens with one attached hydrogen (secondary N) is 1. The van der Waals surface area contributed by atoms with E-state index in [4.69, 9.17) is 4.42 Å². The minimum atomic E-state index is -1.19. The van der Waals surface area contributed by atoms with Gasteiger partial charge in [-0.25, -0.2) is 13.6 Å². The van der Waals surface area contributed by atoms with Crippen molar-refractivity contribution in [3.05, 3.63) is 77.9 Å². The van der Waals surface area contributed by atoms with E-state index in [1.807, 2.05) is 0 Å². The first-order valence-electron chi connectivity index (χ1n) is 8.52. The smallest absolute Gasteiger partial charge is 0.340 e. The Morgan fingerprint density at radius 1 is 1.00 bits per heavy atom. The molecule has 3 aromatic carbocycles. The summed E-state index contributed by atoms with van der Waals surface area (Å²) in [5, 5.41) is 13.1. The Kier molecular flexibility index (Phi) is 4.31. The van der Waals surface area contributed by atoms with Gasteiger partial charge < -0.3 is 14.8 Å². The lowest BCUT2D eigenvalue weighted by atomic mass is 9.98. The maximum absolute atomic E-state index is 14.4. The Morgan fingerprint density at radius 2 is 1.71 bits per heavy atom. The number of rotatable bonds is 4. The van der Waals surface area contributed by atoms with Crippen molar-refractivity contribution in [3.63, 3.8) is 0 Å². The Morgan fingerprint density at radius 3 is 2.36 bits per heavy atom. The van der Waals surface area contributed by atoms with Gasteiger partial charge in [0.1, 0.15) is 28.5 Å². The van der Waals surface area contributed by atoms with Crippen LogP contribution < -0.4 is 5.32 Å². The van der Waals surface area contributed by atoms with Crippen molar-refractivity contribution in [2.75, 3.05) is 12.4 Å². The van der Waals surface area contributed by atoms with Gasteiger partial charge in [-0.3, -0.25) is 0 Å². The van der Waals surface area contributed by atoms with Gasteiger partial charge in [0, 0.05) is 40.9 Å². The second kappa shape index (κ2) is 6.81. The highest BCUT2D eigenvalue weighted by Crippen LogP contribution is 2.40. The number of hydrogen-bond acceptors (Lipinski definition) is 3. The van der Waals surface area contributed by atoms with Gasteiger partial charge in [-0.1, -0.05) is 18.2 Å². The molecule has 6 heteroatoms. The predicted octanol–water partition coefficient (Wildman–Crippen LogP) is 5.78. The summed E-state index contributed by atoms with van der Waals surface area (Å²) in [6.07, 6.45) is 0. The summed E-state index contributed by atoms with van der Waals surface area (Å²) < 4.78 is 33.4. The molecule has 28 heavy (non-hydrogen) atoms. The maximum atomic E-state index is 14.4. The maximum Gasteiger partial charge on any atom is 0.340 e. The number of fused-ring (bicyclic) bond motifs is 1. The van der Waals surface area contributed by atoms with E-state index in [9.17, 15) is 18.7 Å². The topological polar surface area (TPSA) is 62.5 Å². The van der Waals surface area contributed by atoms with Crippen molar-refractivity contribution in [2.24, 2.45) is 0 Å². The molecule has 0 atom stereocenters. The number of anilines is 1. The van der Waals surface area contributed by atoms with Crippen LogP contribution in [0.5, 0.6) is 0 Å². The van der Waals surface area contributed by atoms with Crippen molar-refractivity contribution in [2.45, 2.75) is 0 Å². The number of carboxylic acids is 1. The Bertz CT molecular complexity index is 1200. The van der Waals surface area contributed by atoms with Crippen LogP contribution in [0.4, 0.5) is 14.5 Å². The summed E-state index contributed by atoms with van der Waals surface area (Å²) in [6, 6.07) is 14.9. The van der Waals surface area contributed by atoms with E-state index in [0.717, 1.165) is 0 Å². The zero-order chi connectivity index (χ0) is 19.8. The molecule has 0 saturated heterocycles. The Balaban J connectivity index is 2.03. The largest absolute Gasteiger partial charge is 0.478 e. The van der Waals surface area contributed by atoms with E-state index in [1.165, 1.54) is 30.3 Å². The molecule has 1 heterocycles. The second-order valence-corrected chi connectivity index (χ2v) is 6.24. The summed E-state index contributed by atoms with van der Waals surface area (Å²) >= 11 is 0. The third kappa shape index (κ3) is 2.89. The van der Waals surface area contributed by atoms with Crippen LogP contribution in [-0.2, 0) is 0 Å². The normalized spacial score (nSPS) is 11.0. The molecule has 0 bridgehead atoms. The molecular weight excluding hydrogens is 364 g/mol. The van der Waals surface area contributed by atoms with E-state index < -0.39 is 17.6 Å². The van der Waals surface area contributed by atoms with Gasteiger partial charge in [0.05, 0.1) is 0 Å². The van der Waals surface area contributed by atoms with Crippen molar-refractivity contribution >= 4 is 22.6 Å². The minimum absolute atomic E-state index is 0.0538. The van der Waals surface area contributed by atoms with E-state index in [0.29, 0.717) is 33.3 Å². The highest BCUT2D eigenvalue weighted by Gasteiger charge is 2.24. The summed E-state index contributed by atoms with van der Waals surface area (Å²) in [4.78, 5) is 12.0. The Labute approximate surface area is 159 Å². The molecule has 0 radical (unpaired) electrons. The van der Waals surface area contributed by atoms with Gasteiger partial charge >= 0.3 is 5.97 Å². The van der Waals surface area contributed by atoms with E-state index in [1.54, 1.807) is 37.4 Å². The van der Waals surface area contributed by atoms with Crippen molar-refractivity contribution in [1.29, 1.82) is 0 Å². The third-order valence-electron chi connectivity index (χ3n) is 4.58. The second-order valence-electron chi connectivity index (χ2n) is 6.24. The fraction of sp³-hybridized carbons (Fsp3) is 0.0455. The van der Waals surface area contributed by atoms with Gasteiger partial charge in [-0.05, 0) is 36.4 Å². The van der Waals surface area contributed by atoms with E-state index in [2.05, 4.69) is 5.32 Å². The zero-order valence-corrected chi connectivity index (χ0v) is 14.8. The van der Waals surface area contributed by atoms with Crippen molar-refractivity contribution in [1.82, 2.24) is 0 Å². The van der Waals surface area contributed by atoms with Crippen LogP contribution in [-0.4, -0.2) is 18.1 Å². The lowest BCUT2D eigenvalue weighted by Crippen LogP contribution is -1.98. The SMILES string of the molecule is CNc1cc2oc(-c3ccc(F)cc3)c(C(=O)O)c2cc1-c1ccccc1F. The summed E-state index contributed by atoms with van der Waals surface area (Å²) in [6.45, 7) is 0. The predicted molar refractivity (Wildman–Crippen MR) is 104 cm³/mol. The first kappa shape index (κ1) is 17.7. The van der Waals surface area contributed by atoms with Gasteiger partial charge in [0.2, 0.25) is 0 Å². The lowest BCUT2D eigenvalue weighted by molar-refractivity contribution is 0.0699. The fourth-order valence-electron chi connectivity index (χ4n) is 3.27. The van der Waals surface area contributed by atoms with E-state index in [-0.39, 0.29) is 11.3 Å². The van der Waals surface area contributed by atoms with Crippen LogP contribution in [0.1, 0.15) is 10.4 Å². The number of halogens is 2. The van der Waals surface area contributed by atoms with Gasteiger partial charge in [0.15, 0.2) is 0 Å². The van der Waals surface area contributed by atoms with Crippen LogP contribution >= 0.6 is 0 Å². The van der Waals surface area contributed by atoms with Crippen LogP contribution in [0.2, 0.25) is 0 Å². The molecule has 0 aliphatic carbocycles. The number of carbonyl (C=O) groups is 1. The number of aromatic carboxylic acids is 1. The van der Waals surface area contributed by atoms with E-state index >= 15 is 0 Å². The molecule has 4 rings (SSSR count). The molecule has 0 spiro atoms. The number of carboxylic acid groups (broad SMARTS) is 1. The fourth-order valence-corrected chi connectivity index (χ4v) is 3.27. The molecular formula is C22H15F2NO3. The molecule has 0 fully saturated rings. The molecule has 0 saturated carbocycles. The first-order valence-corrected chi connectivity index (χ1v) is 8.52. The molecule has 140 valence electrons. The molecule has 4 aromatic rings. The van der Waals surface area contributed by atoms with Gasteiger partial charge in [-0.15, -0.1) is 0 Å². The molecule has 0 aliphatic heterocycles. The summed E-state index contributed by atoms with van der Waals surface area (Å²) in [5.41, 5.74) is 2.17. The van der Waals surface area contributed by atoms with Crippen LogP contribution in [0.25, 0.3) is 33.4 Å². The van der Waals surface area contributed by atoms with Crippen LogP contribution in [0, 0.1) is 11.6 Å². The van der Waals surface area contributed by atoms with Gasteiger partial charge in [0.25, 0.3) is 0 Å². The monoisotopic (exact) mass is 379 g/mol. The Hall–Kier alpha value is -3.67. The van der Waals surface area contributed by atoms with Crippen LogP contribution in [0.3, 0.4) is 0 Å². The minimum Gasteiger partial charge on any atom is -0.478 e. The highest BCUT2D eigenvalue weighted by molar-refractivity contribution is 6.10. The highest BCUT2D eigenvalue weighted by atomic mass is 19.1. The van der Waals surface area contributed by atoms with Gasteiger partial charge in [-0.2, -0.15) is 0 Å². The average molecular weight is 379 g/mol. The standard InChI is InChI=1S/C22H15F2NO3/c1-25-18-11-19-16(10-15(18)14-4-2-3-5-17(14)24)20(22(26)27)21(28-19)12-6-8-13(23)9-7-12/h2-11,25H,1H3,(H,26,27). The molecule has 1 aromatic heterocycles. The molecule has 0 aliphatic rings. The molecule has 4 nitrogen and oxygen atoms in total. The lowest BCUT2D eigenvalue weighted by Gasteiger charge is -2.10.